The van der Waals surface area contributed by atoms with Gasteiger partial charge in [-0.25, -0.2) is 4.68 Å². The maximum Gasteiger partial charge on any atom is 0.252 e. The minimum absolute atomic E-state index is 0.121. The van der Waals surface area contributed by atoms with E-state index in [1.165, 1.54) is 4.88 Å². The van der Waals surface area contributed by atoms with Crippen LogP contribution in [0.2, 0.25) is 0 Å². The number of hydrogen-bond donors (Lipinski definition) is 1. The van der Waals surface area contributed by atoms with Crippen molar-refractivity contribution >= 4 is 22.2 Å². The predicted molar refractivity (Wildman–Crippen MR) is 130 cm³/mol. The molecule has 1 fully saturated rings. The van der Waals surface area contributed by atoms with Crippen LogP contribution in [-0.2, 0) is 30.9 Å². The molecule has 35 heavy (non-hydrogen) atoms. The van der Waals surface area contributed by atoms with Gasteiger partial charge in [-0.1, -0.05) is 6.07 Å². The van der Waals surface area contributed by atoms with Gasteiger partial charge in [0.2, 0.25) is 0 Å². The highest BCUT2D eigenvalue weighted by Gasteiger charge is 2.21. The summed E-state index contributed by atoms with van der Waals surface area (Å²) in [5, 5.41) is 15.3. The molecule has 1 saturated heterocycles. The van der Waals surface area contributed by atoms with Crippen molar-refractivity contribution in [3.63, 3.8) is 0 Å². The monoisotopic (exact) mass is 494 g/mol. The van der Waals surface area contributed by atoms with Crippen molar-refractivity contribution in [1.82, 2.24) is 30.1 Å². The summed E-state index contributed by atoms with van der Waals surface area (Å²) in [4.78, 5) is 19.4. The molecule has 2 aliphatic heterocycles. The number of hydrogen-bond acceptors (Lipinski definition) is 9. The van der Waals surface area contributed by atoms with Crippen LogP contribution in [0.25, 0.3) is 10.9 Å². The summed E-state index contributed by atoms with van der Waals surface area (Å²) >= 11 is 1.69. The van der Waals surface area contributed by atoms with E-state index in [1.54, 1.807) is 11.3 Å². The van der Waals surface area contributed by atoms with E-state index >= 15 is 0 Å². The van der Waals surface area contributed by atoms with Crippen LogP contribution in [-0.4, -0.2) is 56.0 Å². The normalized spacial score (nSPS) is 17.5. The minimum Gasteiger partial charge on any atom is -0.486 e. The third-order valence-electron chi connectivity index (χ3n) is 6.31. The zero-order chi connectivity index (χ0) is 23.6. The van der Waals surface area contributed by atoms with Crippen molar-refractivity contribution in [3.05, 3.63) is 62.3 Å². The Morgan fingerprint density at radius 1 is 1.11 bits per heavy atom. The molecule has 11 heteroatoms. The van der Waals surface area contributed by atoms with Gasteiger partial charge in [0.05, 0.1) is 24.7 Å². The second-order valence-electron chi connectivity index (χ2n) is 8.84. The molecular formula is C24H26N6O4S. The Morgan fingerprint density at radius 3 is 2.80 bits per heavy atom. The number of pyridine rings is 1. The van der Waals surface area contributed by atoms with E-state index in [0.29, 0.717) is 56.5 Å². The smallest absolute Gasteiger partial charge is 0.252 e. The number of rotatable bonds is 8. The average molecular weight is 495 g/mol. The van der Waals surface area contributed by atoms with E-state index in [4.69, 9.17) is 14.2 Å². The lowest BCUT2D eigenvalue weighted by Gasteiger charge is -2.22. The molecule has 182 valence electrons. The Balaban J connectivity index is 1.28. The number of H-pyrrole nitrogens is 1. The maximum absolute atomic E-state index is 13.0. The molecule has 0 unspecified atom stereocenters. The molecule has 0 amide bonds. The van der Waals surface area contributed by atoms with Gasteiger partial charge in [-0.2, -0.15) is 0 Å². The lowest BCUT2D eigenvalue weighted by atomic mass is 10.1. The summed E-state index contributed by atoms with van der Waals surface area (Å²) in [6.45, 7) is 4.09. The van der Waals surface area contributed by atoms with Gasteiger partial charge in [-0.05, 0) is 46.8 Å². The van der Waals surface area contributed by atoms with Crippen LogP contribution in [0.3, 0.4) is 0 Å². The van der Waals surface area contributed by atoms with Crippen LogP contribution in [0.5, 0.6) is 11.5 Å². The Labute approximate surface area is 205 Å². The number of aromatic amines is 1. The van der Waals surface area contributed by atoms with E-state index in [1.807, 2.05) is 28.9 Å². The first-order valence-electron chi connectivity index (χ1n) is 11.8. The van der Waals surface area contributed by atoms with Gasteiger partial charge < -0.3 is 19.2 Å². The number of nitrogens with zero attached hydrogens (tertiary/aromatic N) is 5. The highest BCUT2D eigenvalue weighted by Crippen LogP contribution is 2.33. The second kappa shape index (κ2) is 9.76. The summed E-state index contributed by atoms with van der Waals surface area (Å²) in [5.74, 6) is 2.11. The van der Waals surface area contributed by atoms with Gasteiger partial charge in [0, 0.05) is 41.6 Å². The van der Waals surface area contributed by atoms with Gasteiger partial charge in [-0.3, -0.25) is 9.69 Å². The first-order chi connectivity index (χ1) is 17.2. The Morgan fingerprint density at radius 2 is 2.00 bits per heavy atom. The third kappa shape index (κ3) is 4.93. The van der Waals surface area contributed by atoms with Crippen molar-refractivity contribution in [2.45, 2.75) is 45.1 Å². The van der Waals surface area contributed by atoms with Crippen molar-refractivity contribution < 1.29 is 14.2 Å². The summed E-state index contributed by atoms with van der Waals surface area (Å²) in [6, 6.07) is 9.82. The highest BCUT2D eigenvalue weighted by molar-refractivity contribution is 7.09. The summed E-state index contributed by atoms with van der Waals surface area (Å²) < 4.78 is 19.0. The molecular weight excluding hydrogens is 468 g/mol. The molecule has 2 aliphatic rings. The Hall–Kier alpha value is -3.28. The van der Waals surface area contributed by atoms with Crippen LogP contribution >= 0.6 is 11.3 Å². The molecule has 1 atom stereocenters. The second-order valence-corrected chi connectivity index (χ2v) is 9.88. The third-order valence-corrected chi connectivity index (χ3v) is 7.17. The number of aromatic nitrogens is 5. The van der Waals surface area contributed by atoms with Crippen molar-refractivity contribution in [2.75, 3.05) is 19.8 Å². The van der Waals surface area contributed by atoms with Crippen LogP contribution in [0, 0.1) is 0 Å². The standard InChI is InChI=1S/C24H26N6O4S/c31-24-17(9-16-10-21-22(11-20(16)25-24)34-7-6-33-21)12-29(14-19-4-2-8-35-19)15-23-26-27-28-30(23)13-18-3-1-5-32-18/h2,4,8-11,18H,1,3,5-7,12-15H2,(H,25,31)/t18-/m1/s1. The molecule has 0 aliphatic carbocycles. The van der Waals surface area contributed by atoms with Gasteiger partial charge >= 0.3 is 0 Å². The molecule has 10 nitrogen and oxygen atoms in total. The SMILES string of the molecule is O=c1[nH]c2cc3c(cc2cc1CN(Cc1cccs1)Cc1nnnn1C[C@H]1CCCO1)OCCO3. The van der Waals surface area contributed by atoms with E-state index < -0.39 is 0 Å². The van der Waals surface area contributed by atoms with Crippen LogP contribution in [0.1, 0.15) is 29.1 Å². The van der Waals surface area contributed by atoms with Crippen LogP contribution in [0.4, 0.5) is 0 Å². The predicted octanol–water partition coefficient (Wildman–Crippen LogP) is 2.73. The van der Waals surface area contributed by atoms with E-state index in [2.05, 4.69) is 36.9 Å². The lowest BCUT2D eigenvalue weighted by Crippen LogP contribution is -2.28. The lowest BCUT2D eigenvalue weighted by molar-refractivity contribution is 0.0915. The van der Waals surface area contributed by atoms with Gasteiger partial charge in [0.15, 0.2) is 17.3 Å². The fourth-order valence-electron chi connectivity index (χ4n) is 4.60. The average Bonchev–Trinajstić information content (AvgIpc) is 3.63. The summed E-state index contributed by atoms with van der Waals surface area (Å²) in [7, 11) is 0. The molecule has 0 spiro atoms. The molecule has 4 aromatic rings. The zero-order valence-electron chi connectivity index (χ0n) is 19.2. The van der Waals surface area contributed by atoms with Gasteiger partial charge in [0.1, 0.15) is 13.2 Å². The van der Waals surface area contributed by atoms with Crippen molar-refractivity contribution in [2.24, 2.45) is 0 Å². The Kier molecular flexibility index (Phi) is 6.19. The molecule has 3 aromatic heterocycles. The fourth-order valence-corrected chi connectivity index (χ4v) is 5.34. The van der Waals surface area contributed by atoms with E-state index in [9.17, 15) is 4.79 Å². The molecule has 1 N–H and O–H groups in total. The molecule has 1 aromatic carbocycles. The Bertz CT molecular complexity index is 1360. The fraction of sp³-hybridized carbons (Fsp3) is 0.417. The van der Waals surface area contributed by atoms with E-state index in [-0.39, 0.29) is 11.7 Å². The first-order valence-corrected chi connectivity index (χ1v) is 12.7. The van der Waals surface area contributed by atoms with Gasteiger partial charge in [0.25, 0.3) is 5.56 Å². The van der Waals surface area contributed by atoms with Crippen LogP contribution in [0.15, 0.2) is 40.5 Å². The van der Waals surface area contributed by atoms with Crippen molar-refractivity contribution in [1.29, 1.82) is 0 Å². The highest BCUT2D eigenvalue weighted by atomic mass is 32.1. The molecule has 0 saturated carbocycles. The minimum atomic E-state index is -0.121. The molecule has 5 heterocycles. The quantitative estimate of drug-likeness (QED) is 0.399. The summed E-state index contributed by atoms with van der Waals surface area (Å²) in [6.07, 6.45) is 2.23. The molecule has 6 rings (SSSR count). The number of ether oxygens (including phenoxy) is 3. The largest absolute Gasteiger partial charge is 0.486 e. The maximum atomic E-state index is 13.0. The molecule has 0 bridgehead atoms. The van der Waals surface area contributed by atoms with Crippen LogP contribution < -0.4 is 15.0 Å². The zero-order valence-corrected chi connectivity index (χ0v) is 20.0. The number of thiophene rings is 1. The number of nitrogens with one attached hydrogen (secondary N) is 1. The number of tetrazole rings is 1. The number of fused-ring (bicyclic) bond motifs is 2. The number of benzene rings is 1. The topological polar surface area (TPSA) is 107 Å². The summed E-state index contributed by atoms with van der Waals surface area (Å²) in [5.41, 5.74) is 1.28. The van der Waals surface area contributed by atoms with Crippen molar-refractivity contribution in [3.8, 4) is 11.5 Å². The molecule has 0 radical (unpaired) electrons. The van der Waals surface area contributed by atoms with E-state index in [0.717, 1.165) is 36.2 Å². The first kappa shape index (κ1) is 22.2. The van der Waals surface area contributed by atoms with Gasteiger partial charge in [-0.15, -0.1) is 16.4 Å².